The van der Waals surface area contributed by atoms with E-state index < -0.39 is 0 Å². The van der Waals surface area contributed by atoms with E-state index in [4.69, 9.17) is 0 Å². The molecule has 1 aromatic heterocycles. The lowest BCUT2D eigenvalue weighted by Crippen LogP contribution is -2.09. The lowest BCUT2D eigenvalue weighted by atomic mass is 9.85. The Morgan fingerprint density at radius 2 is 1.94 bits per heavy atom. The molecule has 2 nitrogen and oxygen atoms in total. The Balaban J connectivity index is 1.83. The number of phenolic OH excluding ortho intramolecular Hbond substituents is 1. The molecule has 0 unspecified atom stereocenters. The van der Waals surface area contributed by atoms with Crippen molar-refractivity contribution in [2.24, 2.45) is 5.92 Å². The Morgan fingerprint density at radius 3 is 2.78 bits per heavy atom. The Morgan fingerprint density at radius 1 is 1.11 bits per heavy atom. The van der Waals surface area contributed by atoms with Crippen molar-refractivity contribution in [3.05, 3.63) is 36.0 Å². The van der Waals surface area contributed by atoms with Crippen molar-refractivity contribution in [2.75, 3.05) is 0 Å². The maximum absolute atomic E-state index is 9.51. The number of nitrogens with zero attached hydrogens (tertiary/aromatic N) is 1. The molecule has 0 aliphatic heterocycles. The van der Waals surface area contributed by atoms with Crippen LogP contribution in [0.2, 0.25) is 0 Å². The zero-order valence-corrected chi connectivity index (χ0v) is 10.6. The second kappa shape index (κ2) is 4.97. The maximum atomic E-state index is 9.51. The van der Waals surface area contributed by atoms with Gasteiger partial charge >= 0.3 is 0 Å². The van der Waals surface area contributed by atoms with Crippen molar-refractivity contribution < 1.29 is 5.11 Å². The van der Waals surface area contributed by atoms with Gasteiger partial charge in [0.05, 0.1) is 5.52 Å². The van der Waals surface area contributed by atoms with Gasteiger partial charge in [-0.3, -0.25) is 4.98 Å². The number of phenols is 1. The molecule has 1 N–H and O–H groups in total. The van der Waals surface area contributed by atoms with Crippen LogP contribution in [0, 0.1) is 5.92 Å². The van der Waals surface area contributed by atoms with Crippen LogP contribution in [-0.2, 0) is 6.42 Å². The third-order valence-corrected chi connectivity index (χ3v) is 3.97. The van der Waals surface area contributed by atoms with Gasteiger partial charge in [-0.05, 0) is 42.2 Å². The summed E-state index contributed by atoms with van der Waals surface area (Å²) in [6.07, 6.45) is 10.0. The predicted octanol–water partition coefficient (Wildman–Crippen LogP) is 4.06. The summed E-state index contributed by atoms with van der Waals surface area (Å²) in [6.45, 7) is 0. The first kappa shape index (κ1) is 11.5. The van der Waals surface area contributed by atoms with Crippen LogP contribution in [0.3, 0.4) is 0 Å². The van der Waals surface area contributed by atoms with Crippen molar-refractivity contribution in [1.82, 2.24) is 4.98 Å². The minimum Gasteiger partial charge on any atom is -0.508 e. The monoisotopic (exact) mass is 241 g/mol. The Hall–Kier alpha value is -1.57. The Labute approximate surface area is 108 Å². The van der Waals surface area contributed by atoms with Crippen molar-refractivity contribution >= 4 is 10.9 Å². The highest BCUT2D eigenvalue weighted by molar-refractivity contribution is 5.80. The third-order valence-electron chi connectivity index (χ3n) is 3.97. The van der Waals surface area contributed by atoms with Crippen LogP contribution in [0.15, 0.2) is 30.5 Å². The van der Waals surface area contributed by atoms with Gasteiger partial charge in [0.1, 0.15) is 5.75 Å². The number of hydrogen-bond donors (Lipinski definition) is 1. The van der Waals surface area contributed by atoms with Gasteiger partial charge in [-0.15, -0.1) is 0 Å². The summed E-state index contributed by atoms with van der Waals surface area (Å²) in [7, 11) is 0. The van der Waals surface area contributed by atoms with Gasteiger partial charge in [0.15, 0.2) is 0 Å². The highest BCUT2D eigenvalue weighted by atomic mass is 16.3. The maximum Gasteiger partial charge on any atom is 0.116 e. The average molecular weight is 241 g/mol. The third kappa shape index (κ3) is 2.47. The molecule has 0 saturated heterocycles. The molecule has 0 atom stereocenters. The van der Waals surface area contributed by atoms with Crippen LogP contribution in [0.5, 0.6) is 5.75 Å². The molecule has 3 rings (SSSR count). The molecule has 1 saturated carbocycles. The van der Waals surface area contributed by atoms with Gasteiger partial charge in [0.25, 0.3) is 0 Å². The van der Waals surface area contributed by atoms with E-state index in [1.807, 2.05) is 12.3 Å². The lowest BCUT2D eigenvalue weighted by molar-refractivity contribution is 0.356. The van der Waals surface area contributed by atoms with Crippen molar-refractivity contribution in [3.63, 3.8) is 0 Å². The first-order valence-corrected chi connectivity index (χ1v) is 6.89. The normalized spacial score (nSPS) is 17.1. The molecule has 0 radical (unpaired) electrons. The molecule has 1 aliphatic rings. The molecular weight excluding hydrogens is 222 g/mol. The summed E-state index contributed by atoms with van der Waals surface area (Å²) >= 11 is 0. The SMILES string of the molecule is Oc1ccc2ncc(CC3CCCCC3)cc2c1. The number of hydrogen-bond acceptors (Lipinski definition) is 2. The van der Waals surface area contributed by atoms with E-state index in [0.717, 1.165) is 23.2 Å². The molecule has 1 fully saturated rings. The van der Waals surface area contributed by atoms with Gasteiger partial charge < -0.3 is 5.11 Å². The summed E-state index contributed by atoms with van der Waals surface area (Å²) in [5, 5.41) is 10.6. The van der Waals surface area contributed by atoms with Crippen molar-refractivity contribution in [3.8, 4) is 5.75 Å². The first-order valence-electron chi connectivity index (χ1n) is 6.89. The molecule has 1 aliphatic carbocycles. The second-order valence-electron chi connectivity index (χ2n) is 5.43. The fourth-order valence-corrected chi connectivity index (χ4v) is 3.00. The smallest absolute Gasteiger partial charge is 0.116 e. The minimum absolute atomic E-state index is 0.319. The number of fused-ring (bicyclic) bond motifs is 1. The summed E-state index contributed by atoms with van der Waals surface area (Å²) in [5.41, 5.74) is 2.26. The molecule has 0 spiro atoms. The van der Waals surface area contributed by atoms with Gasteiger partial charge in [-0.25, -0.2) is 0 Å². The van der Waals surface area contributed by atoms with Crippen LogP contribution in [0.25, 0.3) is 10.9 Å². The van der Waals surface area contributed by atoms with E-state index in [1.54, 1.807) is 12.1 Å². The zero-order valence-electron chi connectivity index (χ0n) is 10.6. The number of aromatic nitrogens is 1. The van der Waals surface area contributed by atoms with Crippen LogP contribution in [0.1, 0.15) is 37.7 Å². The molecule has 1 aromatic carbocycles. The molecule has 2 heteroatoms. The Bertz CT molecular complexity index is 544. The molecule has 2 aromatic rings. The van der Waals surface area contributed by atoms with E-state index >= 15 is 0 Å². The Kier molecular flexibility index (Phi) is 3.18. The van der Waals surface area contributed by atoms with Gasteiger partial charge in [0, 0.05) is 11.6 Å². The van der Waals surface area contributed by atoms with E-state index in [-0.39, 0.29) is 0 Å². The lowest BCUT2D eigenvalue weighted by Gasteiger charge is -2.21. The van der Waals surface area contributed by atoms with Crippen LogP contribution >= 0.6 is 0 Å². The van der Waals surface area contributed by atoms with Crippen LogP contribution < -0.4 is 0 Å². The fourth-order valence-electron chi connectivity index (χ4n) is 3.00. The summed E-state index contributed by atoms with van der Waals surface area (Å²) < 4.78 is 0. The summed E-state index contributed by atoms with van der Waals surface area (Å²) in [4.78, 5) is 4.48. The molecule has 1 heterocycles. The quantitative estimate of drug-likeness (QED) is 0.860. The number of benzene rings is 1. The average Bonchev–Trinajstić information content (AvgIpc) is 2.39. The second-order valence-corrected chi connectivity index (χ2v) is 5.43. The van der Waals surface area contributed by atoms with Gasteiger partial charge in [-0.1, -0.05) is 32.1 Å². The van der Waals surface area contributed by atoms with Gasteiger partial charge in [-0.2, -0.15) is 0 Å². The van der Waals surface area contributed by atoms with Crippen LogP contribution in [0.4, 0.5) is 0 Å². The highest BCUT2D eigenvalue weighted by Crippen LogP contribution is 2.28. The predicted molar refractivity (Wildman–Crippen MR) is 73.7 cm³/mol. The molecule has 18 heavy (non-hydrogen) atoms. The standard InChI is InChI=1S/C16H19NO/c18-15-6-7-16-14(10-15)9-13(11-17-16)8-12-4-2-1-3-5-12/h6-7,9-12,18H,1-5,8H2. The highest BCUT2D eigenvalue weighted by Gasteiger charge is 2.14. The van der Waals surface area contributed by atoms with Gasteiger partial charge in [0.2, 0.25) is 0 Å². The number of rotatable bonds is 2. The van der Waals surface area contributed by atoms with E-state index in [9.17, 15) is 5.11 Å². The minimum atomic E-state index is 0.319. The largest absolute Gasteiger partial charge is 0.508 e. The summed E-state index contributed by atoms with van der Waals surface area (Å²) in [6, 6.07) is 7.54. The number of pyridine rings is 1. The van der Waals surface area contributed by atoms with E-state index in [2.05, 4.69) is 11.1 Å². The fraction of sp³-hybridized carbons (Fsp3) is 0.438. The van der Waals surface area contributed by atoms with E-state index in [1.165, 1.54) is 37.7 Å². The molecule has 94 valence electrons. The van der Waals surface area contributed by atoms with Crippen LogP contribution in [-0.4, -0.2) is 10.1 Å². The van der Waals surface area contributed by atoms with E-state index in [0.29, 0.717) is 5.75 Å². The molecule has 0 bridgehead atoms. The summed E-state index contributed by atoms with van der Waals surface area (Å²) in [5.74, 6) is 1.15. The first-order chi connectivity index (χ1) is 8.81. The molecular formula is C16H19NO. The van der Waals surface area contributed by atoms with Crippen molar-refractivity contribution in [2.45, 2.75) is 38.5 Å². The number of aromatic hydroxyl groups is 1. The van der Waals surface area contributed by atoms with Crippen molar-refractivity contribution in [1.29, 1.82) is 0 Å². The zero-order chi connectivity index (χ0) is 12.4. The topological polar surface area (TPSA) is 33.1 Å². The molecule has 0 amide bonds.